The van der Waals surface area contributed by atoms with E-state index in [-0.39, 0.29) is 6.04 Å². The van der Waals surface area contributed by atoms with Crippen molar-refractivity contribution in [2.45, 2.75) is 13.0 Å². The van der Waals surface area contributed by atoms with Gasteiger partial charge in [-0.2, -0.15) is 0 Å². The Morgan fingerprint density at radius 2 is 1.77 bits per heavy atom. The summed E-state index contributed by atoms with van der Waals surface area (Å²) in [5, 5.41) is 5.88. The number of H-pyrrole nitrogens is 2. The SMILES string of the molecule is Cc1[nH]c2ccccc2c1[C@H](Nc1cccc[nH+]1)c1ccc(Cl)c(Cl)c1. The maximum absolute atomic E-state index is 6.30. The summed E-state index contributed by atoms with van der Waals surface area (Å²) in [6, 6.07) is 20.0. The summed E-state index contributed by atoms with van der Waals surface area (Å²) < 4.78 is 0. The van der Waals surface area contributed by atoms with E-state index in [0.717, 1.165) is 22.6 Å². The van der Waals surface area contributed by atoms with Crippen molar-refractivity contribution in [2.75, 3.05) is 5.32 Å². The van der Waals surface area contributed by atoms with Gasteiger partial charge in [0.15, 0.2) is 0 Å². The predicted octanol–water partition coefficient (Wildman–Crippen LogP) is 5.80. The van der Waals surface area contributed by atoms with Crippen LogP contribution in [0.2, 0.25) is 10.0 Å². The van der Waals surface area contributed by atoms with Crippen LogP contribution in [0.1, 0.15) is 22.9 Å². The molecule has 0 radical (unpaired) electrons. The molecule has 130 valence electrons. The number of benzene rings is 2. The molecule has 2 aromatic carbocycles. The number of rotatable bonds is 4. The smallest absolute Gasteiger partial charge is 0.272 e. The maximum Gasteiger partial charge on any atom is 0.272 e. The summed E-state index contributed by atoms with van der Waals surface area (Å²) in [5.74, 6) is 0.924. The highest BCUT2D eigenvalue weighted by Crippen LogP contribution is 2.36. The molecule has 0 saturated carbocycles. The fourth-order valence-electron chi connectivity index (χ4n) is 3.32. The number of aromatic amines is 2. The summed E-state index contributed by atoms with van der Waals surface area (Å²) in [6.07, 6.45) is 1.90. The van der Waals surface area contributed by atoms with Gasteiger partial charge in [0.2, 0.25) is 0 Å². The van der Waals surface area contributed by atoms with Gasteiger partial charge in [0, 0.05) is 33.8 Å². The van der Waals surface area contributed by atoms with E-state index in [2.05, 4.69) is 40.4 Å². The summed E-state index contributed by atoms with van der Waals surface area (Å²) >= 11 is 12.4. The number of hydrogen-bond donors (Lipinski definition) is 2. The average molecular weight is 383 g/mol. The quantitative estimate of drug-likeness (QED) is 0.460. The molecule has 2 aromatic heterocycles. The predicted molar refractivity (Wildman–Crippen MR) is 108 cm³/mol. The number of nitrogens with one attached hydrogen (secondary N) is 3. The zero-order valence-corrected chi connectivity index (χ0v) is 15.7. The number of halogens is 2. The van der Waals surface area contributed by atoms with E-state index in [0.29, 0.717) is 10.0 Å². The van der Waals surface area contributed by atoms with Crippen LogP contribution < -0.4 is 10.3 Å². The first kappa shape index (κ1) is 17.0. The van der Waals surface area contributed by atoms with Crippen LogP contribution in [-0.2, 0) is 0 Å². The standard InChI is InChI=1S/C21H17Cl2N3/c1-13-20(15-6-2-3-7-18(15)25-13)21(26-19-8-4-5-11-24-19)14-9-10-16(22)17(23)12-14/h2-12,21,25H,1H3,(H,24,26)/p+1/t21-/m1/s1. The highest BCUT2D eigenvalue weighted by molar-refractivity contribution is 6.42. The van der Waals surface area contributed by atoms with Crippen molar-refractivity contribution in [1.82, 2.24) is 4.98 Å². The van der Waals surface area contributed by atoms with Crippen LogP contribution in [0.25, 0.3) is 10.9 Å². The third-order valence-electron chi connectivity index (χ3n) is 4.52. The van der Waals surface area contributed by atoms with Crippen LogP contribution in [0, 0.1) is 6.92 Å². The molecule has 0 saturated heterocycles. The zero-order valence-electron chi connectivity index (χ0n) is 14.2. The van der Waals surface area contributed by atoms with Crippen molar-refractivity contribution in [3.63, 3.8) is 0 Å². The molecule has 5 heteroatoms. The molecular weight excluding hydrogens is 365 g/mol. The van der Waals surface area contributed by atoms with Crippen LogP contribution in [0.5, 0.6) is 0 Å². The van der Waals surface area contributed by atoms with E-state index >= 15 is 0 Å². The Morgan fingerprint density at radius 1 is 0.962 bits per heavy atom. The number of para-hydroxylation sites is 1. The maximum atomic E-state index is 6.30. The molecule has 4 aromatic rings. The normalized spacial score (nSPS) is 12.3. The number of fused-ring (bicyclic) bond motifs is 1. The van der Waals surface area contributed by atoms with Gasteiger partial charge in [-0.3, -0.25) is 5.32 Å². The molecular formula is C21H18Cl2N3+. The second-order valence-electron chi connectivity index (χ2n) is 6.24. The Bertz CT molecular complexity index is 1060. The molecule has 0 aliphatic carbocycles. The van der Waals surface area contributed by atoms with Gasteiger partial charge in [0.25, 0.3) is 5.82 Å². The van der Waals surface area contributed by atoms with Crippen molar-refractivity contribution in [3.8, 4) is 0 Å². The van der Waals surface area contributed by atoms with Crippen LogP contribution in [0.15, 0.2) is 66.9 Å². The average Bonchev–Trinajstić information content (AvgIpc) is 2.99. The molecule has 4 rings (SSSR count). The monoisotopic (exact) mass is 382 g/mol. The number of hydrogen-bond acceptors (Lipinski definition) is 1. The molecule has 1 atom stereocenters. The van der Waals surface area contributed by atoms with Gasteiger partial charge < -0.3 is 4.98 Å². The molecule has 26 heavy (non-hydrogen) atoms. The van der Waals surface area contributed by atoms with Gasteiger partial charge in [0.1, 0.15) is 6.04 Å². The van der Waals surface area contributed by atoms with Gasteiger partial charge in [-0.15, -0.1) is 0 Å². The van der Waals surface area contributed by atoms with E-state index in [1.807, 2.05) is 48.7 Å². The van der Waals surface area contributed by atoms with Gasteiger partial charge in [-0.25, -0.2) is 4.98 Å². The van der Waals surface area contributed by atoms with Crippen molar-refractivity contribution < 1.29 is 4.98 Å². The summed E-state index contributed by atoms with van der Waals surface area (Å²) in [7, 11) is 0. The molecule has 0 aliphatic rings. The van der Waals surface area contributed by atoms with Gasteiger partial charge >= 0.3 is 0 Å². The van der Waals surface area contributed by atoms with Crippen LogP contribution >= 0.6 is 23.2 Å². The van der Waals surface area contributed by atoms with Crippen molar-refractivity contribution in [1.29, 1.82) is 0 Å². The molecule has 0 aliphatic heterocycles. The first-order chi connectivity index (χ1) is 12.6. The number of anilines is 1. The Balaban J connectivity index is 1.89. The number of aromatic nitrogens is 2. The van der Waals surface area contributed by atoms with Crippen LogP contribution in [0.3, 0.4) is 0 Å². The van der Waals surface area contributed by atoms with E-state index in [1.54, 1.807) is 0 Å². The van der Waals surface area contributed by atoms with E-state index in [1.165, 1.54) is 10.9 Å². The minimum atomic E-state index is -0.0837. The fraction of sp³-hybridized carbons (Fsp3) is 0.0952. The van der Waals surface area contributed by atoms with Gasteiger partial charge in [0.05, 0.1) is 16.2 Å². The largest absolute Gasteiger partial charge is 0.358 e. The summed E-state index contributed by atoms with van der Waals surface area (Å²) in [6.45, 7) is 2.09. The Morgan fingerprint density at radius 3 is 2.54 bits per heavy atom. The first-order valence-corrected chi connectivity index (χ1v) is 9.14. The number of pyridine rings is 1. The Kier molecular flexibility index (Phi) is 4.58. The fourth-order valence-corrected chi connectivity index (χ4v) is 3.63. The topological polar surface area (TPSA) is 42.0 Å². The van der Waals surface area contributed by atoms with Crippen molar-refractivity contribution in [2.24, 2.45) is 0 Å². The Hall–Kier alpha value is -2.49. The zero-order chi connectivity index (χ0) is 18.1. The van der Waals surface area contributed by atoms with E-state index in [4.69, 9.17) is 23.2 Å². The highest BCUT2D eigenvalue weighted by atomic mass is 35.5. The molecule has 2 heterocycles. The first-order valence-electron chi connectivity index (χ1n) is 8.39. The summed E-state index contributed by atoms with van der Waals surface area (Å²) in [4.78, 5) is 6.72. The lowest BCUT2D eigenvalue weighted by molar-refractivity contribution is -0.361. The second-order valence-corrected chi connectivity index (χ2v) is 7.05. The molecule has 0 bridgehead atoms. The lowest BCUT2D eigenvalue weighted by Crippen LogP contribution is -2.19. The highest BCUT2D eigenvalue weighted by Gasteiger charge is 2.25. The number of aryl methyl sites for hydroxylation is 1. The molecule has 3 N–H and O–H groups in total. The van der Waals surface area contributed by atoms with Crippen LogP contribution in [-0.4, -0.2) is 4.98 Å². The van der Waals surface area contributed by atoms with Crippen molar-refractivity contribution >= 4 is 39.9 Å². The minimum Gasteiger partial charge on any atom is -0.358 e. The van der Waals surface area contributed by atoms with Gasteiger partial charge in [-0.1, -0.05) is 53.5 Å². The minimum absolute atomic E-state index is 0.0837. The third kappa shape index (κ3) is 3.16. The van der Waals surface area contributed by atoms with Crippen molar-refractivity contribution in [3.05, 3.63) is 93.7 Å². The lowest BCUT2D eigenvalue weighted by Gasteiger charge is -2.17. The van der Waals surface area contributed by atoms with Crippen LogP contribution in [0.4, 0.5) is 5.82 Å². The lowest BCUT2D eigenvalue weighted by atomic mass is 9.96. The van der Waals surface area contributed by atoms with E-state index < -0.39 is 0 Å². The molecule has 3 nitrogen and oxygen atoms in total. The second kappa shape index (κ2) is 7.02. The third-order valence-corrected chi connectivity index (χ3v) is 5.26. The molecule has 0 unspecified atom stereocenters. The van der Waals surface area contributed by atoms with Gasteiger partial charge in [-0.05, 0) is 31.2 Å². The molecule has 0 spiro atoms. The van der Waals surface area contributed by atoms with E-state index in [9.17, 15) is 0 Å². The molecule has 0 fully saturated rings. The summed E-state index contributed by atoms with van der Waals surface area (Å²) in [5.41, 5.74) is 4.47. The molecule has 0 amide bonds. The Labute approximate surface area is 162 Å².